The zero-order valence-corrected chi connectivity index (χ0v) is 15.4. The van der Waals surface area contributed by atoms with Crippen molar-refractivity contribution in [3.63, 3.8) is 0 Å². The molecule has 1 saturated heterocycles. The zero-order valence-electron chi connectivity index (χ0n) is 15.4. The molecule has 0 unspecified atom stereocenters. The summed E-state index contributed by atoms with van der Waals surface area (Å²) in [6, 6.07) is 5.53. The molecule has 2 rings (SSSR count). The van der Waals surface area contributed by atoms with E-state index >= 15 is 0 Å². The molecule has 2 atom stereocenters. The van der Waals surface area contributed by atoms with Crippen molar-refractivity contribution in [2.75, 3.05) is 27.4 Å². The first-order valence-corrected chi connectivity index (χ1v) is 8.80. The molecule has 142 valence electrons. The Morgan fingerprint density at radius 1 is 1.04 bits per heavy atom. The molecule has 25 heavy (non-hydrogen) atoms. The first-order chi connectivity index (χ1) is 11.9. The van der Waals surface area contributed by atoms with Crippen molar-refractivity contribution in [2.24, 2.45) is 0 Å². The van der Waals surface area contributed by atoms with Gasteiger partial charge in [0.1, 0.15) is 11.5 Å². The van der Waals surface area contributed by atoms with E-state index < -0.39 is 18.0 Å². The molecule has 2 N–H and O–H groups in total. The van der Waals surface area contributed by atoms with Crippen molar-refractivity contribution in [2.45, 2.75) is 57.0 Å². The molecule has 1 aromatic rings. The summed E-state index contributed by atoms with van der Waals surface area (Å²) in [7, 11) is 3.19. The molecular formula is C19H30O6. The van der Waals surface area contributed by atoms with Crippen LogP contribution in [-0.4, -0.2) is 55.6 Å². The Bertz CT molecular complexity index is 504. The highest BCUT2D eigenvalue weighted by Gasteiger charge is 2.30. The summed E-state index contributed by atoms with van der Waals surface area (Å²) in [6.45, 7) is 3.18. The highest BCUT2D eigenvalue weighted by atomic mass is 16.7. The SMILES string of the molecule is COc1cc(C[C@@H](O)C[C@H](O)CCCC2(C)OCCO2)cc(OC)c1. The smallest absolute Gasteiger partial charge is 0.165 e. The van der Waals surface area contributed by atoms with E-state index in [0.29, 0.717) is 44.0 Å². The monoisotopic (exact) mass is 354 g/mol. The number of methoxy groups -OCH3 is 2. The lowest BCUT2D eigenvalue weighted by molar-refractivity contribution is -0.148. The number of ether oxygens (including phenoxy) is 4. The van der Waals surface area contributed by atoms with Crippen LogP contribution in [0.15, 0.2) is 18.2 Å². The van der Waals surface area contributed by atoms with Crippen LogP contribution in [0.2, 0.25) is 0 Å². The van der Waals surface area contributed by atoms with Gasteiger partial charge in [0.05, 0.1) is 39.6 Å². The summed E-state index contributed by atoms with van der Waals surface area (Å²) in [5, 5.41) is 20.4. The Kier molecular flexibility index (Phi) is 7.50. The standard InChI is InChI=1S/C19H30O6/c1-19(24-7-8-25-19)6-4-5-15(20)12-16(21)9-14-10-17(22-2)13-18(11-14)23-3/h10-11,13,15-16,20-21H,4-9,12H2,1-3H3/t15-,16-/m1/s1. The third-order valence-electron chi connectivity index (χ3n) is 4.49. The van der Waals surface area contributed by atoms with Gasteiger partial charge in [-0.25, -0.2) is 0 Å². The van der Waals surface area contributed by atoms with Crippen molar-refractivity contribution >= 4 is 0 Å². The average Bonchev–Trinajstić information content (AvgIpc) is 3.00. The topological polar surface area (TPSA) is 77.4 Å². The van der Waals surface area contributed by atoms with Crippen LogP contribution in [0.1, 0.15) is 38.2 Å². The lowest BCUT2D eigenvalue weighted by atomic mass is 9.99. The van der Waals surface area contributed by atoms with E-state index in [9.17, 15) is 10.2 Å². The normalized spacial score (nSPS) is 18.8. The van der Waals surface area contributed by atoms with E-state index in [2.05, 4.69) is 0 Å². The fourth-order valence-electron chi connectivity index (χ4n) is 3.13. The first-order valence-electron chi connectivity index (χ1n) is 8.80. The van der Waals surface area contributed by atoms with E-state index in [1.807, 2.05) is 19.1 Å². The minimum atomic E-state index is -0.624. The maximum Gasteiger partial charge on any atom is 0.165 e. The van der Waals surface area contributed by atoms with Crippen LogP contribution in [0.25, 0.3) is 0 Å². The van der Waals surface area contributed by atoms with Gasteiger partial charge in [0, 0.05) is 12.5 Å². The Hall–Kier alpha value is -1.34. The third kappa shape index (κ3) is 6.47. The largest absolute Gasteiger partial charge is 0.497 e. The van der Waals surface area contributed by atoms with Crippen LogP contribution >= 0.6 is 0 Å². The molecule has 0 radical (unpaired) electrons. The minimum Gasteiger partial charge on any atom is -0.497 e. The van der Waals surface area contributed by atoms with Crippen LogP contribution in [-0.2, 0) is 15.9 Å². The zero-order chi connectivity index (χ0) is 18.3. The van der Waals surface area contributed by atoms with Gasteiger partial charge in [0.2, 0.25) is 0 Å². The van der Waals surface area contributed by atoms with Gasteiger partial charge >= 0.3 is 0 Å². The number of hydrogen-bond acceptors (Lipinski definition) is 6. The molecule has 1 aliphatic heterocycles. The summed E-state index contributed by atoms with van der Waals surface area (Å²) in [5.74, 6) is 0.856. The Balaban J connectivity index is 1.76. The molecule has 0 bridgehead atoms. The van der Waals surface area contributed by atoms with Gasteiger partial charge in [0.25, 0.3) is 0 Å². The van der Waals surface area contributed by atoms with Crippen LogP contribution in [0.4, 0.5) is 0 Å². The van der Waals surface area contributed by atoms with Crippen molar-refractivity contribution < 1.29 is 29.2 Å². The van der Waals surface area contributed by atoms with E-state index in [0.717, 1.165) is 18.4 Å². The second kappa shape index (κ2) is 9.38. The Labute approximate surface area is 149 Å². The average molecular weight is 354 g/mol. The van der Waals surface area contributed by atoms with Crippen molar-refractivity contribution in [1.29, 1.82) is 0 Å². The molecule has 1 aromatic carbocycles. The maximum atomic E-state index is 10.3. The highest BCUT2D eigenvalue weighted by Crippen LogP contribution is 2.26. The number of aliphatic hydroxyl groups is 2. The predicted octanol–water partition coefficient (Wildman–Crippen LogP) is 2.29. The lowest BCUT2D eigenvalue weighted by Gasteiger charge is -2.23. The molecule has 0 spiro atoms. The number of benzene rings is 1. The van der Waals surface area contributed by atoms with E-state index in [1.54, 1.807) is 20.3 Å². The minimum absolute atomic E-state index is 0.331. The number of aliphatic hydroxyl groups excluding tert-OH is 2. The third-order valence-corrected chi connectivity index (χ3v) is 4.49. The van der Waals surface area contributed by atoms with Gasteiger partial charge in [-0.15, -0.1) is 0 Å². The molecule has 1 fully saturated rings. The fraction of sp³-hybridized carbons (Fsp3) is 0.684. The molecular weight excluding hydrogens is 324 g/mol. The van der Waals surface area contributed by atoms with Gasteiger partial charge in [-0.2, -0.15) is 0 Å². The Morgan fingerprint density at radius 3 is 2.20 bits per heavy atom. The maximum absolute atomic E-state index is 10.3. The number of rotatable bonds is 10. The summed E-state index contributed by atoms with van der Waals surface area (Å²) < 4.78 is 21.6. The van der Waals surface area contributed by atoms with Crippen LogP contribution in [0, 0.1) is 0 Å². The molecule has 0 saturated carbocycles. The van der Waals surface area contributed by atoms with E-state index in [1.165, 1.54) is 0 Å². The summed E-state index contributed by atoms with van der Waals surface area (Å²) >= 11 is 0. The molecule has 6 nitrogen and oxygen atoms in total. The van der Waals surface area contributed by atoms with Gasteiger partial charge in [-0.05, 0) is 50.3 Å². The molecule has 0 aromatic heterocycles. The molecule has 6 heteroatoms. The molecule has 1 aliphatic rings. The van der Waals surface area contributed by atoms with Crippen LogP contribution in [0.5, 0.6) is 11.5 Å². The quantitative estimate of drug-likeness (QED) is 0.671. The second-order valence-electron chi connectivity index (χ2n) is 6.69. The number of hydrogen-bond donors (Lipinski definition) is 2. The van der Waals surface area contributed by atoms with Gasteiger partial charge < -0.3 is 29.2 Å². The van der Waals surface area contributed by atoms with Gasteiger partial charge in [0.15, 0.2) is 5.79 Å². The molecule has 0 aliphatic carbocycles. The molecule has 1 heterocycles. The van der Waals surface area contributed by atoms with Crippen LogP contribution < -0.4 is 9.47 Å². The lowest BCUT2D eigenvalue weighted by Crippen LogP contribution is -2.26. The second-order valence-corrected chi connectivity index (χ2v) is 6.69. The predicted molar refractivity (Wildman–Crippen MR) is 94.0 cm³/mol. The summed E-state index contributed by atoms with van der Waals surface area (Å²) in [4.78, 5) is 0. The van der Waals surface area contributed by atoms with Crippen LogP contribution in [0.3, 0.4) is 0 Å². The first kappa shape index (κ1) is 20.0. The molecule has 0 amide bonds. The van der Waals surface area contributed by atoms with Gasteiger partial charge in [-0.1, -0.05) is 0 Å². The Morgan fingerprint density at radius 2 is 1.64 bits per heavy atom. The summed E-state index contributed by atoms with van der Waals surface area (Å²) in [5.41, 5.74) is 0.913. The van der Waals surface area contributed by atoms with E-state index in [4.69, 9.17) is 18.9 Å². The fourth-order valence-corrected chi connectivity index (χ4v) is 3.13. The van der Waals surface area contributed by atoms with Crippen molar-refractivity contribution in [1.82, 2.24) is 0 Å². The van der Waals surface area contributed by atoms with Gasteiger partial charge in [-0.3, -0.25) is 0 Å². The van der Waals surface area contributed by atoms with Crippen molar-refractivity contribution in [3.05, 3.63) is 23.8 Å². The summed E-state index contributed by atoms with van der Waals surface area (Å²) in [6.07, 6.45) is 1.74. The van der Waals surface area contributed by atoms with E-state index in [-0.39, 0.29) is 0 Å². The van der Waals surface area contributed by atoms with Crippen molar-refractivity contribution in [3.8, 4) is 11.5 Å². The highest BCUT2D eigenvalue weighted by molar-refractivity contribution is 5.38.